The van der Waals surface area contributed by atoms with Crippen LogP contribution in [0.4, 0.5) is 0 Å². The standard InChI is InChI=1S/C17H34O2S2Si/c1-9-13(2)19-16(20)21-15(22(6,7)8)11-10-14(18)12-17(3,4)5/h13,15H,9-12H2,1-8H3. The molecule has 22 heavy (non-hydrogen) atoms. The molecule has 0 fully saturated rings. The molecule has 0 spiro atoms. The van der Waals surface area contributed by atoms with Gasteiger partial charge in [0.1, 0.15) is 5.78 Å². The van der Waals surface area contributed by atoms with E-state index >= 15 is 0 Å². The molecule has 0 aromatic heterocycles. The second kappa shape index (κ2) is 9.43. The SMILES string of the molecule is CCC(C)OC(=S)SC(CCC(=O)CC(C)(C)C)[Si](C)(C)C. The molecule has 0 amide bonds. The van der Waals surface area contributed by atoms with E-state index in [2.05, 4.69) is 47.3 Å². The lowest BCUT2D eigenvalue weighted by molar-refractivity contribution is -0.120. The van der Waals surface area contributed by atoms with Gasteiger partial charge in [-0.1, -0.05) is 59.1 Å². The van der Waals surface area contributed by atoms with Crippen LogP contribution in [0.15, 0.2) is 0 Å². The van der Waals surface area contributed by atoms with Crippen molar-refractivity contribution in [3.8, 4) is 0 Å². The van der Waals surface area contributed by atoms with Crippen molar-refractivity contribution >= 4 is 42.2 Å². The van der Waals surface area contributed by atoms with E-state index in [4.69, 9.17) is 17.0 Å². The van der Waals surface area contributed by atoms with Gasteiger partial charge in [-0.15, -0.1) is 0 Å². The first-order chi connectivity index (χ1) is 9.85. The van der Waals surface area contributed by atoms with Crippen LogP contribution in [0, 0.1) is 5.41 Å². The Morgan fingerprint density at radius 2 is 1.82 bits per heavy atom. The number of rotatable bonds is 8. The first kappa shape index (κ1) is 22.1. The van der Waals surface area contributed by atoms with Gasteiger partial charge in [-0.05, 0) is 37.4 Å². The number of ketones is 1. The van der Waals surface area contributed by atoms with E-state index in [0.29, 0.717) is 27.9 Å². The Hall–Kier alpha value is 0.127. The van der Waals surface area contributed by atoms with Gasteiger partial charge in [-0.2, -0.15) is 0 Å². The Labute approximate surface area is 148 Å². The molecule has 2 nitrogen and oxygen atoms in total. The number of carbonyl (C=O) groups excluding carboxylic acids is 1. The van der Waals surface area contributed by atoms with Crippen LogP contribution in [0.3, 0.4) is 0 Å². The van der Waals surface area contributed by atoms with E-state index in [-0.39, 0.29) is 11.5 Å². The average molecular weight is 363 g/mol. The molecule has 0 aromatic carbocycles. The fourth-order valence-electron chi connectivity index (χ4n) is 2.03. The monoisotopic (exact) mass is 362 g/mol. The largest absolute Gasteiger partial charge is 0.476 e. The smallest absolute Gasteiger partial charge is 0.220 e. The second-order valence-corrected chi connectivity index (χ2v) is 16.0. The molecular formula is C17H34O2S2Si. The summed E-state index contributed by atoms with van der Waals surface area (Å²) < 4.78 is 6.39. The number of carbonyl (C=O) groups is 1. The van der Waals surface area contributed by atoms with Crippen molar-refractivity contribution in [2.45, 2.75) is 90.9 Å². The van der Waals surface area contributed by atoms with Gasteiger partial charge in [0.05, 0.1) is 14.2 Å². The molecule has 0 saturated heterocycles. The minimum Gasteiger partial charge on any atom is -0.476 e. The van der Waals surface area contributed by atoms with Gasteiger partial charge in [0.15, 0.2) is 0 Å². The predicted octanol–water partition coefficient (Wildman–Crippen LogP) is 5.85. The number of ether oxygens (including phenoxy) is 1. The van der Waals surface area contributed by atoms with E-state index in [9.17, 15) is 4.79 Å². The molecule has 5 heteroatoms. The van der Waals surface area contributed by atoms with Gasteiger partial charge >= 0.3 is 0 Å². The normalized spacial score (nSPS) is 15.3. The summed E-state index contributed by atoms with van der Waals surface area (Å²) in [6.45, 7) is 17.5. The van der Waals surface area contributed by atoms with Crippen molar-refractivity contribution in [2.24, 2.45) is 5.41 Å². The van der Waals surface area contributed by atoms with Crippen LogP contribution in [0.1, 0.15) is 60.3 Å². The van der Waals surface area contributed by atoms with E-state index in [1.54, 1.807) is 11.8 Å². The first-order valence-electron chi connectivity index (χ1n) is 8.24. The summed E-state index contributed by atoms with van der Waals surface area (Å²) in [6.07, 6.45) is 3.36. The van der Waals surface area contributed by atoms with Crippen molar-refractivity contribution in [1.29, 1.82) is 0 Å². The highest BCUT2D eigenvalue weighted by atomic mass is 32.2. The van der Waals surface area contributed by atoms with E-state index in [1.165, 1.54) is 0 Å². The Bertz CT molecular complexity index is 370. The quantitative estimate of drug-likeness (QED) is 0.399. The molecule has 130 valence electrons. The number of thioether (sulfide) groups is 1. The van der Waals surface area contributed by atoms with Gasteiger partial charge in [-0.25, -0.2) is 0 Å². The summed E-state index contributed by atoms with van der Waals surface area (Å²) in [5, 5.41) is 0. The second-order valence-electron chi connectivity index (χ2n) is 8.37. The van der Waals surface area contributed by atoms with Gasteiger partial charge in [0.25, 0.3) is 0 Å². The lowest BCUT2D eigenvalue weighted by Gasteiger charge is -2.29. The van der Waals surface area contributed by atoms with Crippen LogP contribution in [0.25, 0.3) is 0 Å². The molecular weight excluding hydrogens is 328 g/mol. The number of thiocarbonyl (C=S) groups is 1. The molecule has 2 atom stereocenters. The topological polar surface area (TPSA) is 26.3 Å². The molecule has 0 aliphatic heterocycles. The summed E-state index contributed by atoms with van der Waals surface area (Å²) in [5.41, 5.74) is 0.0772. The zero-order chi connectivity index (χ0) is 17.6. The third kappa shape index (κ3) is 10.8. The van der Waals surface area contributed by atoms with Crippen molar-refractivity contribution in [3.05, 3.63) is 0 Å². The van der Waals surface area contributed by atoms with E-state index in [0.717, 1.165) is 12.8 Å². The highest BCUT2D eigenvalue weighted by Crippen LogP contribution is 2.30. The van der Waals surface area contributed by atoms with Gasteiger partial charge in [0.2, 0.25) is 4.38 Å². The predicted molar refractivity (Wildman–Crippen MR) is 106 cm³/mol. The third-order valence-corrected chi connectivity index (χ3v) is 9.38. The first-order valence-corrected chi connectivity index (χ1v) is 13.1. The molecule has 0 saturated carbocycles. The maximum Gasteiger partial charge on any atom is 0.220 e. The van der Waals surface area contributed by atoms with Crippen LogP contribution in [0.5, 0.6) is 0 Å². The number of hydrogen-bond donors (Lipinski definition) is 0. The molecule has 0 rings (SSSR count). The fraction of sp³-hybridized carbons (Fsp3) is 0.882. The van der Waals surface area contributed by atoms with Crippen molar-refractivity contribution in [1.82, 2.24) is 0 Å². The minimum atomic E-state index is -1.39. The number of Topliss-reactive ketones (excluding diaryl/α,β-unsaturated/α-hetero) is 1. The van der Waals surface area contributed by atoms with Crippen molar-refractivity contribution < 1.29 is 9.53 Å². The molecule has 0 heterocycles. The zero-order valence-electron chi connectivity index (χ0n) is 15.6. The summed E-state index contributed by atoms with van der Waals surface area (Å²) in [4.78, 5) is 12.6. The minimum absolute atomic E-state index is 0.0772. The summed E-state index contributed by atoms with van der Waals surface area (Å²) in [7, 11) is -1.39. The maximum absolute atomic E-state index is 12.1. The summed E-state index contributed by atoms with van der Waals surface area (Å²) >= 11 is 7.06. The van der Waals surface area contributed by atoms with Crippen LogP contribution in [-0.4, -0.2) is 29.2 Å². The Kier molecular flexibility index (Phi) is 9.48. The Balaban J connectivity index is 4.55. The van der Waals surface area contributed by atoms with Crippen molar-refractivity contribution in [3.63, 3.8) is 0 Å². The van der Waals surface area contributed by atoms with Crippen LogP contribution >= 0.6 is 24.0 Å². The average Bonchev–Trinajstić information content (AvgIpc) is 2.30. The van der Waals surface area contributed by atoms with Crippen molar-refractivity contribution in [2.75, 3.05) is 0 Å². The van der Waals surface area contributed by atoms with Gasteiger partial charge in [-0.3, -0.25) is 4.79 Å². The maximum atomic E-state index is 12.1. The Morgan fingerprint density at radius 3 is 2.23 bits per heavy atom. The highest BCUT2D eigenvalue weighted by molar-refractivity contribution is 8.23. The van der Waals surface area contributed by atoms with E-state index in [1.807, 2.05) is 6.92 Å². The number of hydrogen-bond acceptors (Lipinski definition) is 4. The molecule has 0 aliphatic rings. The fourth-order valence-corrected chi connectivity index (χ4v) is 6.23. The molecule has 2 unspecified atom stereocenters. The lowest BCUT2D eigenvalue weighted by atomic mass is 9.89. The highest BCUT2D eigenvalue weighted by Gasteiger charge is 2.30. The molecule has 0 bridgehead atoms. The van der Waals surface area contributed by atoms with Gasteiger partial charge in [0, 0.05) is 17.7 Å². The van der Waals surface area contributed by atoms with E-state index < -0.39 is 8.07 Å². The lowest BCUT2D eigenvalue weighted by Crippen LogP contribution is -2.37. The molecule has 0 N–H and O–H groups in total. The third-order valence-electron chi connectivity index (χ3n) is 3.49. The van der Waals surface area contributed by atoms with Crippen LogP contribution in [0.2, 0.25) is 19.6 Å². The Morgan fingerprint density at radius 1 is 1.27 bits per heavy atom. The van der Waals surface area contributed by atoms with Gasteiger partial charge < -0.3 is 4.74 Å². The van der Waals surface area contributed by atoms with Crippen LogP contribution in [-0.2, 0) is 9.53 Å². The zero-order valence-corrected chi connectivity index (χ0v) is 18.2. The molecule has 0 radical (unpaired) electrons. The molecule has 0 aliphatic carbocycles. The summed E-state index contributed by atoms with van der Waals surface area (Å²) in [5.74, 6) is 0.366. The van der Waals surface area contributed by atoms with Crippen LogP contribution < -0.4 is 0 Å². The summed E-state index contributed by atoms with van der Waals surface area (Å²) in [6, 6.07) is 0. The molecule has 0 aromatic rings.